The van der Waals surface area contributed by atoms with E-state index in [9.17, 15) is 4.79 Å². The van der Waals surface area contributed by atoms with Gasteiger partial charge in [-0.05, 0) is 31.6 Å². The van der Waals surface area contributed by atoms with Gasteiger partial charge in [0.1, 0.15) is 12.0 Å². The molecule has 0 aliphatic heterocycles. The first-order valence-corrected chi connectivity index (χ1v) is 5.15. The van der Waals surface area contributed by atoms with Gasteiger partial charge in [-0.2, -0.15) is 0 Å². The second-order valence-electron chi connectivity index (χ2n) is 4.39. The summed E-state index contributed by atoms with van der Waals surface area (Å²) in [5, 5.41) is 0. The van der Waals surface area contributed by atoms with E-state index in [-0.39, 0.29) is 11.9 Å². The lowest BCUT2D eigenvalue weighted by atomic mass is 9.62. The summed E-state index contributed by atoms with van der Waals surface area (Å²) < 4.78 is 4.83. The summed E-state index contributed by atoms with van der Waals surface area (Å²) in [6, 6.07) is 0.306. The highest BCUT2D eigenvalue weighted by Crippen LogP contribution is 2.43. The molecule has 3 rings (SSSR count). The molecule has 3 heteroatoms. The average molecular weight is 184 g/mol. The number of esters is 1. The number of carbonyl (C=O) groups is 1. The van der Waals surface area contributed by atoms with Gasteiger partial charge in [0.15, 0.2) is 0 Å². The first-order chi connectivity index (χ1) is 6.24. The molecule has 3 aliphatic carbocycles. The van der Waals surface area contributed by atoms with Crippen LogP contribution in [0.2, 0.25) is 0 Å². The van der Waals surface area contributed by atoms with Crippen LogP contribution in [0, 0.1) is 17.8 Å². The van der Waals surface area contributed by atoms with E-state index >= 15 is 0 Å². The molecular weight excluding hydrogens is 166 g/mol. The Morgan fingerprint density at radius 2 is 1.77 bits per heavy atom. The Morgan fingerprint density at radius 1 is 1.23 bits per heavy atom. The highest BCUT2D eigenvalue weighted by atomic mass is 16.5. The van der Waals surface area contributed by atoms with E-state index in [0.717, 1.165) is 0 Å². The molecule has 0 heterocycles. The minimum atomic E-state index is -0.0330. The van der Waals surface area contributed by atoms with Crippen LogP contribution in [0.1, 0.15) is 25.7 Å². The van der Waals surface area contributed by atoms with Crippen LogP contribution in [0.25, 0.3) is 0 Å². The van der Waals surface area contributed by atoms with Gasteiger partial charge in [0, 0.05) is 5.92 Å². The zero-order valence-electron chi connectivity index (χ0n) is 8.16. The fraction of sp³-hybridized carbons (Fsp3) is 0.900. The van der Waals surface area contributed by atoms with Crippen molar-refractivity contribution >= 4 is 5.97 Å². The molecule has 3 fully saturated rings. The van der Waals surface area contributed by atoms with Crippen LogP contribution < -0.4 is 5.73 Å². The summed E-state index contributed by atoms with van der Waals surface area (Å²) in [7, 11) is 1.48. The van der Waals surface area contributed by atoms with Gasteiger partial charge in [0.2, 0.25) is 0 Å². The van der Waals surface area contributed by atoms with E-state index in [2.05, 4.69) is 5.73 Å². The molecule has 13 heavy (non-hydrogen) atoms. The lowest BCUT2D eigenvalue weighted by molar-refractivity contribution is -0.457. The maximum Gasteiger partial charge on any atom is 0.315 e. The van der Waals surface area contributed by atoms with Crippen molar-refractivity contribution in [3.05, 3.63) is 0 Å². The molecule has 0 aromatic carbocycles. The third-order valence-corrected chi connectivity index (χ3v) is 3.86. The normalized spacial score (nSPS) is 43.2. The second kappa shape index (κ2) is 3.29. The number of carbonyl (C=O) groups excluding carboxylic acids is 1. The SMILES string of the molecule is COC(=O)C1C2CCC(CC2)C1[NH3+]. The highest BCUT2D eigenvalue weighted by molar-refractivity contribution is 5.73. The molecule has 0 spiro atoms. The molecule has 0 saturated heterocycles. The molecule has 0 aromatic rings. The number of ether oxygens (including phenoxy) is 1. The molecule has 0 radical (unpaired) electrons. The van der Waals surface area contributed by atoms with Crippen LogP contribution in [0.4, 0.5) is 0 Å². The molecule has 0 amide bonds. The molecule has 3 aliphatic rings. The third kappa shape index (κ3) is 1.35. The van der Waals surface area contributed by atoms with E-state index in [0.29, 0.717) is 17.9 Å². The van der Waals surface area contributed by atoms with Crippen LogP contribution in [0.5, 0.6) is 0 Å². The van der Waals surface area contributed by atoms with E-state index in [1.54, 1.807) is 0 Å². The van der Waals surface area contributed by atoms with Gasteiger partial charge in [-0.25, -0.2) is 0 Å². The standard InChI is InChI=1S/C10H17NO2/c1-13-10(12)8-6-2-4-7(5-3-6)9(8)11/h6-9H,2-5,11H2,1H3/p+1. The fourth-order valence-corrected chi connectivity index (χ4v) is 3.08. The Bertz CT molecular complexity index is 207. The van der Waals surface area contributed by atoms with Gasteiger partial charge in [-0.1, -0.05) is 0 Å². The first-order valence-electron chi connectivity index (χ1n) is 5.15. The van der Waals surface area contributed by atoms with Crippen LogP contribution in [0.15, 0.2) is 0 Å². The summed E-state index contributed by atoms with van der Waals surface area (Å²) in [6.45, 7) is 0. The van der Waals surface area contributed by atoms with Gasteiger partial charge < -0.3 is 10.5 Å². The number of rotatable bonds is 1. The van der Waals surface area contributed by atoms with Crippen molar-refractivity contribution in [2.75, 3.05) is 7.11 Å². The quantitative estimate of drug-likeness (QED) is 0.592. The number of hydrogen-bond donors (Lipinski definition) is 1. The predicted molar refractivity (Wildman–Crippen MR) is 47.6 cm³/mol. The van der Waals surface area contributed by atoms with Gasteiger partial charge in [-0.3, -0.25) is 4.79 Å². The zero-order chi connectivity index (χ0) is 9.42. The van der Waals surface area contributed by atoms with Gasteiger partial charge in [0.25, 0.3) is 0 Å². The minimum absolute atomic E-state index is 0.0330. The van der Waals surface area contributed by atoms with Gasteiger partial charge >= 0.3 is 5.97 Å². The Balaban J connectivity index is 2.14. The topological polar surface area (TPSA) is 53.9 Å². The van der Waals surface area contributed by atoms with Crippen molar-refractivity contribution in [3.63, 3.8) is 0 Å². The van der Waals surface area contributed by atoms with Crippen molar-refractivity contribution in [1.29, 1.82) is 0 Å². The summed E-state index contributed by atoms with van der Waals surface area (Å²) in [5.74, 6) is 1.29. The first kappa shape index (κ1) is 9.00. The molecule has 2 bridgehead atoms. The summed E-state index contributed by atoms with van der Waals surface area (Å²) in [4.78, 5) is 11.5. The lowest BCUT2D eigenvalue weighted by Gasteiger charge is -2.43. The molecule has 3 saturated carbocycles. The summed E-state index contributed by atoms with van der Waals surface area (Å²) in [5.41, 5.74) is 4.13. The van der Waals surface area contributed by atoms with E-state index in [1.807, 2.05) is 0 Å². The molecular formula is C10H18NO2+. The van der Waals surface area contributed by atoms with E-state index in [4.69, 9.17) is 4.74 Å². The Morgan fingerprint density at radius 3 is 2.23 bits per heavy atom. The van der Waals surface area contributed by atoms with Crippen LogP contribution in [0.3, 0.4) is 0 Å². The Labute approximate surface area is 78.6 Å². The number of fused-ring (bicyclic) bond motifs is 3. The second-order valence-corrected chi connectivity index (χ2v) is 4.39. The van der Waals surface area contributed by atoms with Crippen molar-refractivity contribution in [2.45, 2.75) is 31.7 Å². The number of quaternary nitrogens is 1. The van der Waals surface area contributed by atoms with Crippen LogP contribution in [-0.4, -0.2) is 19.1 Å². The number of hydrogen-bond acceptors (Lipinski definition) is 2. The van der Waals surface area contributed by atoms with E-state index in [1.165, 1.54) is 32.8 Å². The molecule has 2 unspecified atom stereocenters. The molecule has 3 N–H and O–H groups in total. The lowest BCUT2D eigenvalue weighted by Crippen LogP contribution is -2.72. The van der Waals surface area contributed by atoms with Crippen molar-refractivity contribution in [2.24, 2.45) is 17.8 Å². The predicted octanol–water partition coefficient (Wildman–Crippen LogP) is 0.206. The fourth-order valence-electron chi connectivity index (χ4n) is 3.08. The molecule has 0 aromatic heterocycles. The average Bonchev–Trinajstić information content (AvgIpc) is 2.18. The van der Waals surface area contributed by atoms with Gasteiger partial charge in [-0.15, -0.1) is 0 Å². The van der Waals surface area contributed by atoms with E-state index < -0.39 is 0 Å². The Hall–Kier alpha value is -0.570. The zero-order valence-corrected chi connectivity index (χ0v) is 8.16. The van der Waals surface area contributed by atoms with Crippen LogP contribution >= 0.6 is 0 Å². The molecule has 74 valence electrons. The molecule has 3 nitrogen and oxygen atoms in total. The maximum atomic E-state index is 11.5. The summed E-state index contributed by atoms with van der Waals surface area (Å²) in [6.07, 6.45) is 4.95. The maximum absolute atomic E-state index is 11.5. The minimum Gasteiger partial charge on any atom is -0.469 e. The molecule has 2 atom stereocenters. The van der Waals surface area contributed by atoms with Crippen molar-refractivity contribution in [1.82, 2.24) is 0 Å². The highest BCUT2D eigenvalue weighted by Gasteiger charge is 2.48. The smallest absolute Gasteiger partial charge is 0.315 e. The van der Waals surface area contributed by atoms with Crippen molar-refractivity contribution in [3.8, 4) is 0 Å². The van der Waals surface area contributed by atoms with Gasteiger partial charge in [0.05, 0.1) is 7.11 Å². The third-order valence-electron chi connectivity index (χ3n) is 3.86. The van der Waals surface area contributed by atoms with Crippen LogP contribution in [-0.2, 0) is 9.53 Å². The summed E-state index contributed by atoms with van der Waals surface area (Å²) >= 11 is 0. The number of methoxy groups -OCH3 is 1. The largest absolute Gasteiger partial charge is 0.469 e. The monoisotopic (exact) mass is 184 g/mol. The van der Waals surface area contributed by atoms with Crippen molar-refractivity contribution < 1.29 is 15.3 Å². The Kier molecular flexibility index (Phi) is 2.28.